The third kappa shape index (κ3) is 5.72. The van der Waals surface area contributed by atoms with Crippen molar-refractivity contribution in [1.82, 2.24) is 15.0 Å². The van der Waals surface area contributed by atoms with E-state index in [9.17, 15) is 0 Å². The Morgan fingerprint density at radius 1 is 0.564 bits per heavy atom. The molecule has 0 saturated carbocycles. The number of para-hydroxylation sites is 1. The second-order valence-corrected chi connectivity index (χ2v) is 15.3. The Balaban J connectivity index is 1.01. The monoisotopic (exact) mass is 709 g/mol. The Bertz CT molecular complexity index is 2850. The first kappa shape index (κ1) is 32.1. The lowest BCUT2D eigenvalue weighted by Crippen LogP contribution is -2.13. The van der Waals surface area contributed by atoms with Gasteiger partial charge in [0.25, 0.3) is 0 Å². The van der Waals surface area contributed by atoms with Gasteiger partial charge in [-0.1, -0.05) is 121 Å². The quantitative estimate of drug-likeness (QED) is 0.179. The predicted octanol–water partition coefficient (Wildman–Crippen LogP) is 13.0. The Labute approximate surface area is 321 Å². The van der Waals surface area contributed by atoms with Crippen LogP contribution in [-0.2, 0) is 6.42 Å². The highest BCUT2D eigenvalue weighted by atomic mass is 16.3. The molecule has 4 aliphatic carbocycles. The van der Waals surface area contributed by atoms with E-state index in [-0.39, 0.29) is 0 Å². The smallest absolute Gasteiger partial charge is 0.164 e. The average molecular weight is 710 g/mol. The summed E-state index contributed by atoms with van der Waals surface area (Å²) in [4.78, 5) is 15.6. The molecule has 264 valence electrons. The molecule has 0 fully saturated rings. The van der Waals surface area contributed by atoms with Crippen LogP contribution in [0.25, 0.3) is 73.1 Å². The lowest BCUT2D eigenvalue weighted by atomic mass is 9.77. The number of allylic oxidation sites excluding steroid dienone is 8. The first-order valence-electron chi connectivity index (χ1n) is 19.7. The van der Waals surface area contributed by atoms with Gasteiger partial charge in [-0.2, -0.15) is 0 Å². The minimum Gasteiger partial charge on any atom is -0.460 e. The zero-order valence-electron chi connectivity index (χ0n) is 30.6. The molecule has 0 N–H and O–H groups in total. The van der Waals surface area contributed by atoms with Crippen molar-refractivity contribution in [3.8, 4) is 34.2 Å². The molecule has 11 rings (SSSR count). The third-order valence-corrected chi connectivity index (χ3v) is 11.9. The number of hydrogen-bond acceptors (Lipinski definition) is 4. The van der Waals surface area contributed by atoms with Gasteiger partial charge in [0.05, 0.1) is 0 Å². The minimum atomic E-state index is 0.305. The van der Waals surface area contributed by atoms with Gasteiger partial charge in [0.2, 0.25) is 0 Å². The van der Waals surface area contributed by atoms with E-state index in [0.29, 0.717) is 29.3 Å². The Morgan fingerprint density at radius 2 is 1.31 bits per heavy atom. The largest absolute Gasteiger partial charge is 0.460 e. The summed E-state index contributed by atoms with van der Waals surface area (Å²) in [6.45, 7) is 0. The maximum atomic E-state index is 6.29. The molecule has 7 aromatic rings. The van der Waals surface area contributed by atoms with Crippen LogP contribution in [0, 0.1) is 5.92 Å². The molecular weight excluding hydrogens is 671 g/mol. The second-order valence-electron chi connectivity index (χ2n) is 15.3. The van der Waals surface area contributed by atoms with Crippen LogP contribution in [0.3, 0.4) is 0 Å². The van der Waals surface area contributed by atoms with Crippen LogP contribution in [0.1, 0.15) is 71.6 Å². The van der Waals surface area contributed by atoms with Gasteiger partial charge in [-0.3, -0.25) is 0 Å². The molecule has 0 bridgehead atoms. The van der Waals surface area contributed by atoms with Crippen LogP contribution in [-0.4, -0.2) is 15.0 Å². The van der Waals surface area contributed by atoms with E-state index in [1.807, 2.05) is 6.07 Å². The van der Waals surface area contributed by atoms with Gasteiger partial charge >= 0.3 is 0 Å². The number of aromatic nitrogens is 3. The van der Waals surface area contributed by atoms with E-state index in [0.717, 1.165) is 59.1 Å². The van der Waals surface area contributed by atoms with Crippen molar-refractivity contribution < 1.29 is 4.42 Å². The molecule has 0 radical (unpaired) electrons. The third-order valence-electron chi connectivity index (χ3n) is 11.9. The molecule has 2 aromatic heterocycles. The van der Waals surface area contributed by atoms with Gasteiger partial charge in [-0.15, -0.1) is 0 Å². The van der Waals surface area contributed by atoms with Crippen molar-refractivity contribution in [2.24, 2.45) is 5.92 Å². The number of hydrogen-bond donors (Lipinski definition) is 0. The van der Waals surface area contributed by atoms with Crippen LogP contribution in [0.15, 0.2) is 150 Å². The summed E-state index contributed by atoms with van der Waals surface area (Å²) in [7, 11) is 0. The topological polar surface area (TPSA) is 51.8 Å². The van der Waals surface area contributed by atoms with Crippen LogP contribution < -0.4 is 0 Å². The molecule has 0 aliphatic heterocycles. The van der Waals surface area contributed by atoms with Crippen LogP contribution in [0.2, 0.25) is 0 Å². The summed E-state index contributed by atoms with van der Waals surface area (Å²) in [6.07, 6.45) is 24.9. The predicted molar refractivity (Wildman–Crippen MR) is 225 cm³/mol. The van der Waals surface area contributed by atoms with E-state index < -0.39 is 0 Å². The lowest BCUT2D eigenvalue weighted by molar-refractivity contribution is 0.545. The van der Waals surface area contributed by atoms with Gasteiger partial charge in [-0.05, 0) is 107 Å². The molecule has 2 heterocycles. The summed E-state index contributed by atoms with van der Waals surface area (Å²) in [6, 6.07) is 37.2. The fraction of sp³-hybridized carbons (Fsp3) is 0.157. The number of furan rings is 1. The van der Waals surface area contributed by atoms with Gasteiger partial charge in [0.15, 0.2) is 17.5 Å². The zero-order chi connectivity index (χ0) is 36.3. The normalized spacial score (nSPS) is 18.5. The first-order chi connectivity index (χ1) is 27.2. The Hall–Kier alpha value is -6.39. The highest BCUT2D eigenvalue weighted by molar-refractivity contribution is 6.00. The van der Waals surface area contributed by atoms with Crippen molar-refractivity contribution in [3.63, 3.8) is 0 Å². The molecule has 4 aliphatic rings. The van der Waals surface area contributed by atoms with Gasteiger partial charge in [0, 0.05) is 45.9 Å². The first-order valence-corrected chi connectivity index (χ1v) is 19.7. The minimum absolute atomic E-state index is 0.305. The van der Waals surface area contributed by atoms with Gasteiger partial charge in [-0.25, -0.2) is 15.0 Å². The van der Waals surface area contributed by atoms with Gasteiger partial charge < -0.3 is 4.42 Å². The fourth-order valence-electron chi connectivity index (χ4n) is 9.04. The molecule has 0 amide bonds. The summed E-state index contributed by atoms with van der Waals surface area (Å²) in [5.74, 6) is 3.81. The van der Waals surface area contributed by atoms with Crippen LogP contribution in [0.5, 0.6) is 0 Å². The number of rotatable bonds is 5. The molecule has 2 atom stereocenters. The standard InChI is InChI=1S/C51H39N3O/c1-2-10-32(11-3-1)35-13-8-14-39(29-35)49-52-50(54-51(53-49)41-26-22-34-21-20-33-12-4-5-15-42(33)45(34)31-41)40-27-24-36-28-38(25-23-37(36)30-40)43-17-9-19-47-48(43)44-16-6-7-18-46(44)55-47/h4-8,10,12-18,20-31,33,42H,1-3,9,11,19H2. The number of nitrogens with zero attached hydrogens (tertiary/aromatic N) is 3. The summed E-state index contributed by atoms with van der Waals surface area (Å²) in [5, 5.41) is 3.51. The Kier molecular flexibility index (Phi) is 7.68. The molecular formula is C51H39N3O. The Morgan fingerprint density at radius 3 is 2.16 bits per heavy atom. The van der Waals surface area contributed by atoms with Crippen LogP contribution in [0.4, 0.5) is 0 Å². The highest BCUT2D eigenvalue weighted by Gasteiger charge is 2.25. The number of fused-ring (bicyclic) bond motifs is 7. The summed E-state index contributed by atoms with van der Waals surface area (Å²) < 4.78 is 6.29. The molecule has 4 heteroatoms. The molecule has 0 saturated heterocycles. The van der Waals surface area contributed by atoms with Crippen LogP contribution >= 0.6 is 0 Å². The maximum absolute atomic E-state index is 6.29. The molecule has 5 aromatic carbocycles. The summed E-state index contributed by atoms with van der Waals surface area (Å²) in [5.41, 5.74) is 12.9. The van der Waals surface area contributed by atoms with Crippen molar-refractivity contribution in [2.45, 2.75) is 44.4 Å². The molecule has 2 unspecified atom stereocenters. The molecule has 4 nitrogen and oxygen atoms in total. The van der Waals surface area contributed by atoms with Crippen molar-refractivity contribution in [2.75, 3.05) is 0 Å². The van der Waals surface area contributed by atoms with E-state index in [4.69, 9.17) is 19.4 Å². The highest BCUT2D eigenvalue weighted by Crippen LogP contribution is 2.42. The average Bonchev–Trinajstić information content (AvgIpc) is 3.65. The molecule has 55 heavy (non-hydrogen) atoms. The summed E-state index contributed by atoms with van der Waals surface area (Å²) >= 11 is 0. The lowest BCUT2D eigenvalue weighted by Gasteiger charge is -2.27. The van der Waals surface area contributed by atoms with Crippen molar-refractivity contribution in [3.05, 3.63) is 179 Å². The van der Waals surface area contributed by atoms with Crippen molar-refractivity contribution >= 4 is 39.0 Å². The van der Waals surface area contributed by atoms with E-state index in [1.54, 1.807) is 0 Å². The maximum Gasteiger partial charge on any atom is 0.164 e. The second kappa shape index (κ2) is 13.2. The van der Waals surface area contributed by atoms with E-state index in [2.05, 4.69) is 146 Å². The number of benzene rings is 5. The van der Waals surface area contributed by atoms with E-state index >= 15 is 0 Å². The fourth-order valence-corrected chi connectivity index (χ4v) is 9.04. The van der Waals surface area contributed by atoms with E-state index in [1.165, 1.54) is 62.6 Å². The SMILES string of the molecule is C1=CC2C=Cc3ccc(-c4nc(-c5cccc(C6=CCCCC6)c5)nc(-c5ccc6cc(C7=CCCc8oc9ccccc9c87)ccc6c5)n4)cc3C2C=C1. The van der Waals surface area contributed by atoms with Crippen molar-refractivity contribution in [1.29, 1.82) is 0 Å². The molecule has 0 spiro atoms. The zero-order valence-corrected chi connectivity index (χ0v) is 30.6. The number of aryl methyl sites for hydroxylation is 1. The van der Waals surface area contributed by atoms with Gasteiger partial charge in [0.1, 0.15) is 11.3 Å².